The first kappa shape index (κ1) is 19.3. The predicted molar refractivity (Wildman–Crippen MR) is 111 cm³/mol. The lowest BCUT2D eigenvalue weighted by Crippen LogP contribution is -2.24. The summed E-state index contributed by atoms with van der Waals surface area (Å²) >= 11 is 10.1. The summed E-state index contributed by atoms with van der Waals surface area (Å²) in [4.78, 5) is 11.7. The fourth-order valence-corrected chi connectivity index (χ4v) is 3.75. The maximum atomic E-state index is 11.7. The molecule has 8 heteroatoms. The first-order valence-electron chi connectivity index (χ1n) is 6.75. The predicted octanol–water partition coefficient (Wildman–Crippen LogP) is 4.09. The number of amides is 1. The van der Waals surface area contributed by atoms with Crippen molar-refractivity contribution in [2.45, 2.75) is 6.92 Å². The van der Waals surface area contributed by atoms with Crippen molar-refractivity contribution >= 4 is 68.9 Å². The van der Waals surface area contributed by atoms with Crippen LogP contribution in [0.15, 0.2) is 35.4 Å². The summed E-state index contributed by atoms with van der Waals surface area (Å²) in [5.74, 6) is 0.279. The van der Waals surface area contributed by atoms with E-state index in [1.807, 2.05) is 35.6 Å². The van der Waals surface area contributed by atoms with E-state index in [2.05, 4.69) is 33.1 Å². The Hall–Kier alpha value is -1.07. The molecule has 0 bridgehead atoms. The van der Waals surface area contributed by atoms with Gasteiger partial charge in [-0.05, 0) is 88.0 Å². The molecule has 2 aromatic rings. The summed E-state index contributed by atoms with van der Waals surface area (Å²) in [6.07, 6.45) is 1.39. The maximum Gasteiger partial charge on any atom is 0.277 e. The van der Waals surface area contributed by atoms with Crippen molar-refractivity contribution in [1.29, 1.82) is 0 Å². The van der Waals surface area contributed by atoms with Gasteiger partial charge in [0.15, 0.2) is 6.61 Å². The van der Waals surface area contributed by atoms with E-state index in [0.717, 1.165) is 9.13 Å². The molecular formula is C16H13ClI2N2O3. The second kappa shape index (κ2) is 8.86. The van der Waals surface area contributed by atoms with Crippen LogP contribution in [0.25, 0.3) is 0 Å². The second-order valence-electron chi connectivity index (χ2n) is 4.82. The van der Waals surface area contributed by atoms with Gasteiger partial charge < -0.3 is 9.84 Å². The quantitative estimate of drug-likeness (QED) is 0.323. The van der Waals surface area contributed by atoms with Crippen molar-refractivity contribution in [3.63, 3.8) is 0 Å². The van der Waals surface area contributed by atoms with Gasteiger partial charge in [0.1, 0.15) is 11.5 Å². The van der Waals surface area contributed by atoms with Crippen LogP contribution in [0.4, 0.5) is 0 Å². The molecule has 2 rings (SSSR count). The second-order valence-corrected chi connectivity index (χ2v) is 7.63. The lowest BCUT2D eigenvalue weighted by molar-refractivity contribution is -0.123. The Bertz CT molecular complexity index is 797. The van der Waals surface area contributed by atoms with Crippen LogP contribution in [-0.2, 0) is 4.79 Å². The van der Waals surface area contributed by atoms with E-state index >= 15 is 0 Å². The molecule has 0 atom stereocenters. The van der Waals surface area contributed by atoms with E-state index in [1.165, 1.54) is 6.21 Å². The van der Waals surface area contributed by atoms with Gasteiger partial charge in [0, 0.05) is 14.2 Å². The molecule has 126 valence electrons. The highest BCUT2D eigenvalue weighted by Gasteiger charge is 2.06. The summed E-state index contributed by atoms with van der Waals surface area (Å²) in [5.41, 5.74) is 3.76. The zero-order chi connectivity index (χ0) is 17.7. The molecule has 0 radical (unpaired) electrons. The third-order valence-electron chi connectivity index (χ3n) is 2.95. The van der Waals surface area contributed by atoms with Crippen molar-refractivity contribution in [2.75, 3.05) is 6.61 Å². The molecule has 0 aliphatic carbocycles. The van der Waals surface area contributed by atoms with Gasteiger partial charge in [0.2, 0.25) is 0 Å². The van der Waals surface area contributed by atoms with E-state index < -0.39 is 5.91 Å². The number of halogens is 3. The van der Waals surface area contributed by atoms with Crippen molar-refractivity contribution in [1.82, 2.24) is 5.43 Å². The van der Waals surface area contributed by atoms with Gasteiger partial charge in [0.05, 0.1) is 9.78 Å². The topological polar surface area (TPSA) is 70.9 Å². The fraction of sp³-hybridized carbons (Fsp3) is 0.125. The molecule has 0 aliphatic rings. The lowest BCUT2D eigenvalue weighted by Gasteiger charge is -2.07. The van der Waals surface area contributed by atoms with Gasteiger partial charge in [-0.2, -0.15) is 5.10 Å². The third-order valence-corrected chi connectivity index (χ3v) is 4.82. The normalized spacial score (nSPS) is 10.8. The molecule has 0 unspecified atom stereocenters. The van der Waals surface area contributed by atoms with Gasteiger partial charge in [0.25, 0.3) is 5.91 Å². The van der Waals surface area contributed by atoms with E-state index in [9.17, 15) is 9.90 Å². The number of aryl methyl sites for hydroxylation is 1. The van der Waals surface area contributed by atoms with Gasteiger partial charge in [-0.25, -0.2) is 5.43 Å². The summed E-state index contributed by atoms with van der Waals surface area (Å²) in [6, 6.07) is 8.77. The molecule has 0 saturated carbocycles. The number of rotatable bonds is 5. The highest BCUT2D eigenvalue weighted by Crippen LogP contribution is 2.25. The van der Waals surface area contributed by atoms with E-state index in [4.69, 9.17) is 16.3 Å². The highest BCUT2D eigenvalue weighted by atomic mass is 127. The fourth-order valence-electron chi connectivity index (χ4n) is 1.75. The van der Waals surface area contributed by atoms with Crippen molar-refractivity contribution in [3.8, 4) is 11.5 Å². The number of phenolic OH excluding ortho intramolecular Hbond substituents is 1. The molecule has 0 spiro atoms. The zero-order valence-corrected chi connectivity index (χ0v) is 17.6. The lowest BCUT2D eigenvalue weighted by atomic mass is 10.2. The molecule has 24 heavy (non-hydrogen) atoms. The Balaban J connectivity index is 1.90. The zero-order valence-electron chi connectivity index (χ0n) is 12.5. The van der Waals surface area contributed by atoms with Crippen molar-refractivity contribution < 1.29 is 14.6 Å². The minimum atomic E-state index is -0.404. The first-order valence-corrected chi connectivity index (χ1v) is 9.29. The van der Waals surface area contributed by atoms with Gasteiger partial charge in [-0.15, -0.1) is 0 Å². The van der Waals surface area contributed by atoms with E-state index in [0.29, 0.717) is 19.9 Å². The molecule has 0 heterocycles. The van der Waals surface area contributed by atoms with E-state index in [1.54, 1.807) is 24.3 Å². The molecule has 0 aliphatic heterocycles. The molecule has 0 saturated heterocycles. The van der Waals surface area contributed by atoms with Crippen molar-refractivity contribution in [2.24, 2.45) is 5.10 Å². The number of hydrogen-bond acceptors (Lipinski definition) is 4. The van der Waals surface area contributed by atoms with Gasteiger partial charge >= 0.3 is 0 Å². The smallest absolute Gasteiger partial charge is 0.277 e. The SMILES string of the molecule is Cc1cc(OCC(=O)N/N=C/c2cc(I)cc(I)c2O)ccc1Cl. The molecule has 2 N–H and O–H groups in total. The number of hydrazone groups is 1. The van der Waals surface area contributed by atoms with Crippen LogP contribution in [0, 0.1) is 14.1 Å². The molecule has 1 amide bonds. The number of nitrogens with one attached hydrogen (secondary N) is 1. The molecule has 5 nitrogen and oxygen atoms in total. The maximum absolute atomic E-state index is 11.7. The largest absolute Gasteiger partial charge is 0.506 e. The Morgan fingerprint density at radius 2 is 2.12 bits per heavy atom. The van der Waals surface area contributed by atoms with Crippen LogP contribution in [0.1, 0.15) is 11.1 Å². The van der Waals surface area contributed by atoms with Crippen LogP contribution in [-0.4, -0.2) is 23.8 Å². The monoisotopic (exact) mass is 570 g/mol. The molecule has 0 aromatic heterocycles. The number of aromatic hydroxyl groups is 1. The number of phenols is 1. The summed E-state index contributed by atoms with van der Waals surface area (Å²) in [6.45, 7) is 1.68. The molecule has 0 fully saturated rings. The summed E-state index contributed by atoms with van der Waals surface area (Å²) < 4.78 is 7.05. The number of hydrogen-bond donors (Lipinski definition) is 2. The average Bonchev–Trinajstić information content (AvgIpc) is 2.53. The Morgan fingerprint density at radius 1 is 1.38 bits per heavy atom. The Labute approximate surface area is 171 Å². The number of nitrogens with zero attached hydrogens (tertiary/aromatic N) is 1. The standard InChI is InChI=1S/C16H13ClI2N2O3/c1-9-4-12(2-3-13(9)17)24-8-15(22)21-20-7-10-5-11(18)6-14(19)16(10)23/h2-7,23H,8H2,1H3,(H,21,22)/b20-7+. The van der Waals surface area contributed by atoms with Crippen molar-refractivity contribution in [3.05, 3.63) is 53.6 Å². The summed E-state index contributed by atoms with van der Waals surface area (Å²) in [7, 11) is 0. The van der Waals surface area contributed by atoms with Crippen LogP contribution in [0.3, 0.4) is 0 Å². The van der Waals surface area contributed by atoms with Crippen LogP contribution < -0.4 is 10.2 Å². The molecule has 2 aromatic carbocycles. The number of carbonyl (C=O) groups is 1. The average molecular weight is 571 g/mol. The van der Waals surface area contributed by atoms with E-state index in [-0.39, 0.29) is 12.4 Å². The molecular weight excluding hydrogens is 557 g/mol. The Morgan fingerprint density at radius 3 is 2.83 bits per heavy atom. The van der Waals surface area contributed by atoms with Gasteiger partial charge in [-0.1, -0.05) is 11.6 Å². The van der Waals surface area contributed by atoms with Crippen LogP contribution >= 0.6 is 56.8 Å². The minimum Gasteiger partial charge on any atom is -0.506 e. The Kier molecular flexibility index (Phi) is 7.11. The summed E-state index contributed by atoms with van der Waals surface area (Å²) in [5, 5.41) is 14.4. The van der Waals surface area contributed by atoms with Gasteiger partial charge in [-0.3, -0.25) is 4.79 Å². The number of ether oxygens (including phenoxy) is 1. The third kappa shape index (κ3) is 5.49. The van der Waals surface area contributed by atoms with Crippen LogP contribution in [0.2, 0.25) is 5.02 Å². The number of benzene rings is 2. The minimum absolute atomic E-state index is 0.127. The number of carbonyl (C=O) groups excluding carboxylic acids is 1. The first-order chi connectivity index (χ1) is 11.4. The highest BCUT2D eigenvalue weighted by molar-refractivity contribution is 14.1. The van der Waals surface area contributed by atoms with Crippen LogP contribution in [0.5, 0.6) is 11.5 Å².